The van der Waals surface area contributed by atoms with E-state index in [2.05, 4.69) is 61.6 Å². The molecular formula is C25H20O. The van der Waals surface area contributed by atoms with Crippen LogP contribution >= 0.6 is 0 Å². The van der Waals surface area contributed by atoms with Gasteiger partial charge in [-0.15, -0.1) is 0 Å². The fourth-order valence-corrected chi connectivity index (χ4v) is 5.49. The molecule has 1 nitrogen and oxygen atoms in total. The van der Waals surface area contributed by atoms with Crippen molar-refractivity contribution < 1.29 is 4.79 Å². The Balaban J connectivity index is 1.75. The van der Waals surface area contributed by atoms with Crippen LogP contribution in [0.15, 0.2) is 71.4 Å². The number of benzene rings is 2. The van der Waals surface area contributed by atoms with Crippen LogP contribution in [0, 0.1) is 6.92 Å². The van der Waals surface area contributed by atoms with Crippen LogP contribution in [-0.4, -0.2) is 5.78 Å². The first kappa shape index (κ1) is 14.5. The van der Waals surface area contributed by atoms with E-state index in [-0.39, 0.29) is 11.8 Å². The van der Waals surface area contributed by atoms with Crippen molar-refractivity contribution in [1.29, 1.82) is 0 Å². The zero-order valence-electron chi connectivity index (χ0n) is 14.9. The number of ketones is 1. The van der Waals surface area contributed by atoms with Crippen molar-refractivity contribution in [2.24, 2.45) is 0 Å². The molecule has 0 aliphatic heterocycles. The maximum absolute atomic E-state index is 13.8. The molecule has 1 heteroatoms. The van der Waals surface area contributed by atoms with E-state index >= 15 is 0 Å². The van der Waals surface area contributed by atoms with Gasteiger partial charge in [0.15, 0.2) is 5.78 Å². The van der Waals surface area contributed by atoms with Gasteiger partial charge in [-0.2, -0.15) is 0 Å². The summed E-state index contributed by atoms with van der Waals surface area (Å²) < 4.78 is 0. The van der Waals surface area contributed by atoms with Gasteiger partial charge in [0.2, 0.25) is 0 Å². The minimum Gasteiger partial charge on any atom is -0.298 e. The van der Waals surface area contributed by atoms with Gasteiger partial charge in [0.05, 0.1) is 11.8 Å². The van der Waals surface area contributed by atoms with Crippen molar-refractivity contribution in [2.75, 3.05) is 0 Å². The summed E-state index contributed by atoms with van der Waals surface area (Å²) in [7, 11) is 0. The summed E-state index contributed by atoms with van der Waals surface area (Å²) >= 11 is 0. The number of rotatable bonds is 1. The van der Waals surface area contributed by atoms with Crippen LogP contribution in [0.3, 0.4) is 0 Å². The van der Waals surface area contributed by atoms with Crippen LogP contribution < -0.4 is 0 Å². The summed E-state index contributed by atoms with van der Waals surface area (Å²) in [6.07, 6.45) is 14.0. The predicted octanol–water partition coefficient (Wildman–Crippen LogP) is 5.60. The summed E-state index contributed by atoms with van der Waals surface area (Å²) in [6, 6.07) is 8.95. The SMILES string of the molecule is Cc1ccc2c3c4c(ccc13)CC1=C(C=CC1)C4C(=O)C2C1=CCC=C1. The van der Waals surface area contributed by atoms with E-state index in [1.807, 2.05) is 0 Å². The third-order valence-electron chi connectivity index (χ3n) is 6.65. The van der Waals surface area contributed by atoms with Crippen LogP contribution in [0.2, 0.25) is 0 Å². The molecule has 26 heavy (non-hydrogen) atoms. The minimum atomic E-state index is -0.120. The summed E-state index contributed by atoms with van der Waals surface area (Å²) in [6.45, 7) is 2.18. The number of aryl methyl sites for hydroxylation is 1. The van der Waals surface area contributed by atoms with Gasteiger partial charge in [-0.25, -0.2) is 0 Å². The number of allylic oxidation sites excluding steroid dienone is 8. The van der Waals surface area contributed by atoms with Gasteiger partial charge in [-0.3, -0.25) is 4.79 Å². The zero-order chi connectivity index (χ0) is 17.4. The Bertz CT molecular complexity index is 1140. The van der Waals surface area contributed by atoms with E-state index in [4.69, 9.17) is 0 Å². The molecule has 0 saturated heterocycles. The van der Waals surface area contributed by atoms with Crippen molar-refractivity contribution in [1.82, 2.24) is 0 Å². The van der Waals surface area contributed by atoms with E-state index < -0.39 is 0 Å². The molecule has 0 N–H and O–H groups in total. The Hall–Kier alpha value is -2.67. The van der Waals surface area contributed by atoms with E-state index in [0.29, 0.717) is 5.78 Å². The maximum atomic E-state index is 13.8. The lowest BCUT2D eigenvalue weighted by Gasteiger charge is -2.37. The molecule has 2 unspecified atom stereocenters. The molecule has 126 valence electrons. The molecular weight excluding hydrogens is 316 g/mol. The van der Waals surface area contributed by atoms with Crippen molar-refractivity contribution in [3.63, 3.8) is 0 Å². The standard InChI is InChI=1S/C25H20O/c1-14-9-11-20-21(15-5-2-3-6-15)25(26)24-19-8-4-7-16(19)13-17-10-12-18(14)23(20)22(17)24/h2,4-6,8-12,21,24H,3,7,13H2,1H3. The molecule has 0 amide bonds. The van der Waals surface area contributed by atoms with Gasteiger partial charge in [0, 0.05) is 0 Å². The van der Waals surface area contributed by atoms with E-state index in [1.165, 1.54) is 49.7 Å². The molecule has 0 saturated carbocycles. The minimum absolute atomic E-state index is 0.0783. The second-order valence-electron chi connectivity index (χ2n) is 7.99. The second-order valence-corrected chi connectivity index (χ2v) is 7.99. The molecule has 6 rings (SSSR count). The number of Topliss-reactive ketones (excluding diaryl/α,β-unsaturated/α-hetero) is 1. The second kappa shape index (κ2) is 4.94. The van der Waals surface area contributed by atoms with Gasteiger partial charge < -0.3 is 0 Å². The predicted molar refractivity (Wildman–Crippen MR) is 106 cm³/mol. The Labute approximate surface area is 153 Å². The lowest BCUT2D eigenvalue weighted by molar-refractivity contribution is -0.120. The van der Waals surface area contributed by atoms with Crippen molar-refractivity contribution >= 4 is 16.6 Å². The third-order valence-corrected chi connectivity index (χ3v) is 6.65. The van der Waals surface area contributed by atoms with E-state index in [9.17, 15) is 4.79 Å². The molecule has 0 bridgehead atoms. The summed E-state index contributed by atoms with van der Waals surface area (Å²) in [5.74, 6) is 0.169. The van der Waals surface area contributed by atoms with E-state index in [1.54, 1.807) is 0 Å². The highest BCUT2D eigenvalue weighted by atomic mass is 16.1. The normalized spacial score (nSPS) is 25.3. The van der Waals surface area contributed by atoms with Crippen molar-refractivity contribution in [3.05, 3.63) is 93.6 Å². The highest BCUT2D eigenvalue weighted by Gasteiger charge is 2.43. The number of carbonyl (C=O) groups is 1. The van der Waals surface area contributed by atoms with Gasteiger partial charge in [-0.1, -0.05) is 60.2 Å². The molecule has 0 spiro atoms. The molecule has 2 aromatic carbocycles. The first-order valence-electron chi connectivity index (χ1n) is 9.58. The first-order valence-corrected chi connectivity index (χ1v) is 9.58. The smallest absolute Gasteiger partial charge is 0.156 e. The topological polar surface area (TPSA) is 17.1 Å². The largest absolute Gasteiger partial charge is 0.298 e. The fourth-order valence-electron chi connectivity index (χ4n) is 5.49. The Kier molecular flexibility index (Phi) is 2.76. The monoisotopic (exact) mass is 336 g/mol. The number of fused-ring (bicyclic) bond motifs is 1. The highest BCUT2D eigenvalue weighted by molar-refractivity contribution is 6.10. The molecule has 4 aliphatic rings. The van der Waals surface area contributed by atoms with Crippen LogP contribution in [0.25, 0.3) is 10.8 Å². The summed E-state index contributed by atoms with van der Waals surface area (Å²) in [5.41, 5.74) is 9.10. The van der Waals surface area contributed by atoms with Crippen molar-refractivity contribution in [2.45, 2.75) is 38.0 Å². The first-order chi connectivity index (χ1) is 12.7. The molecule has 0 aromatic heterocycles. The van der Waals surface area contributed by atoms with Gasteiger partial charge in [0.25, 0.3) is 0 Å². The summed E-state index contributed by atoms with van der Waals surface area (Å²) in [4.78, 5) is 13.8. The number of hydrogen-bond acceptors (Lipinski definition) is 1. The molecule has 2 atom stereocenters. The van der Waals surface area contributed by atoms with Crippen LogP contribution in [0.1, 0.15) is 46.9 Å². The van der Waals surface area contributed by atoms with Crippen LogP contribution in [0.4, 0.5) is 0 Å². The Morgan fingerprint density at radius 1 is 1.00 bits per heavy atom. The van der Waals surface area contributed by atoms with Crippen molar-refractivity contribution in [3.8, 4) is 0 Å². The zero-order valence-corrected chi connectivity index (χ0v) is 14.9. The fraction of sp³-hybridized carbons (Fsp3) is 0.240. The molecule has 2 aromatic rings. The Morgan fingerprint density at radius 3 is 2.77 bits per heavy atom. The molecule has 0 heterocycles. The molecule has 0 fully saturated rings. The van der Waals surface area contributed by atoms with Crippen LogP contribution in [0.5, 0.6) is 0 Å². The van der Waals surface area contributed by atoms with Gasteiger partial charge in [-0.05, 0) is 70.4 Å². The molecule has 4 aliphatic carbocycles. The van der Waals surface area contributed by atoms with Crippen LogP contribution in [-0.2, 0) is 11.2 Å². The lowest BCUT2D eigenvalue weighted by atomic mass is 9.65. The maximum Gasteiger partial charge on any atom is 0.156 e. The lowest BCUT2D eigenvalue weighted by Crippen LogP contribution is -2.30. The van der Waals surface area contributed by atoms with Gasteiger partial charge in [0.1, 0.15) is 0 Å². The quantitative estimate of drug-likeness (QED) is 0.663. The highest BCUT2D eigenvalue weighted by Crippen LogP contribution is 2.53. The summed E-state index contributed by atoms with van der Waals surface area (Å²) in [5, 5.41) is 2.67. The third kappa shape index (κ3) is 1.69. The average molecular weight is 336 g/mol. The van der Waals surface area contributed by atoms with Gasteiger partial charge >= 0.3 is 0 Å². The average Bonchev–Trinajstić information content (AvgIpc) is 3.32. The Morgan fingerprint density at radius 2 is 1.92 bits per heavy atom. The molecule has 0 radical (unpaired) electrons. The number of hydrogen-bond donors (Lipinski definition) is 0. The van der Waals surface area contributed by atoms with E-state index in [0.717, 1.165) is 19.3 Å². The number of carbonyl (C=O) groups excluding carboxylic acids is 1.